The van der Waals surface area contributed by atoms with Crippen molar-refractivity contribution in [1.29, 1.82) is 0 Å². The van der Waals surface area contributed by atoms with Crippen LogP contribution in [0.25, 0.3) is 0 Å². The first-order valence-electron chi connectivity index (χ1n) is 6.71. The van der Waals surface area contributed by atoms with Crippen molar-refractivity contribution in [2.45, 2.75) is 45.3 Å². The molecular formula is C13H26N2O. The summed E-state index contributed by atoms with van der Waals surface area (Å²) in [5.74, 6) is 0. The van der Waals surface area contributed by atoms with Crippen LogP contribution in [0.3, 0.4) is 0 Å². The molecule has 2 aliphatic rings. The summed E-state index contributed by atoms with van der Waals surface area (Å²) in [6.07, 6.45) is 4.69. The minimum atomic E-state index is 0.000347. The normalized spacial score (nSPS) is 29.4. The second kappa shape index (κ2) is 4.63. The van der Waals surface area contributed by atoms with E-state index in [0.717, 1.165) is 39.1 Å². The fourth-order valence-electron chi connectivity index (χ4n) is 2.75. The first kappa shape index (κ1) is 12.3. The molecule has 0 unspecified atom stereocenters. The van der Waals surface area contributed by atoms with Gasteiger partial charge < -0.3 is 9.64 Å². The Bertz CT molecular complexity index is 218. The molecule has 0 atom stereocenters. The van der Waals surface area contributed by atoms with Crippen molar-refractivity contribution in [2.75, 3.05) is 33.3 Å². The van der Waals surface area contributed by atoms with Gasteiger partial charge in [0.25, 0.3) is 0 Å². The van der Waals surface area contributed by atoms with Gasteiger partial charge in [-0.2, -0.15) is 0 Å². The van der Waals surface area contributed by atoms with E-state index in [2.05, 4.69) is 31.1 Å². The van der Waals surface area contributed by atoms with E-state index in [9.17, 15) is 0 Å². The van der Waals surface area contributed by atoms with Crippen LogP contribution in [0.1, 0.15) is 39.5 Å². The third kappa shape index (κ3) is 2.27. The predicted molar refractivity (Wildman–Crippen MR) is 66.4 cm³/mol. The van der Waals surface area contributed by atoms with Gasteiger partial charge in [0.2, 0.25) is 0 Å². The van der Waals surface area contributed by atoms with Gasteiger partial charge in [-0.25, -0.2) is 0 Å². The van der Waals surface area contributed by atoms with Crippen LogP contribution < -0.4 is 5.32 Å². The molecule has 0 bridgehead atoms. The zero-order chi connectivity index (χ0) is 11.6. The number of nitrogens with zero attached hydrogens (tertiary/aromatic N) is 1. The number of hydrogen-bond donors (Lipinski definition) is 1. The van der Waals surface area contributed by atoms with Gasteiger partial charge in [-0.3, -0.25) is 5.32 Å². The molecular weight excluding hydrogens is 200 g/mol. The lowest BCUT2D eigenvalue weighted by Crippen LogP contribution is -2.62. The Morgan fingerprint density at radius 2 is 1.81 bits per heavy atom. The van der Waals surface area contributed by atoms with Crippen molar-refractivity contribution in [1.82, 2.24) is 10.2 Å². The van der Waals surface area contributed by atoms with Crippen molar-refractivity contribution in [2.24, 2.45) is 5.41 Å². The van der Waals surface area contributed by atoms with Gasteiger partial charge in [-0.05, 0) is 19.9 Å². The quantitative estimate of drug-likeness (QED) is 0.777. The molecule has 1 N–H and O–H groups in total. The first-order chi connectivity index (χ1) is 7.64. The summed E-state index contributed by atoms with van der Waals surface area (Å²) in [6, 6.07) is 0. The molecule has 0 radical (unpaired) electrons. The third-order valence-electron chi connectivity index (χ3n) is 4.73. The first-order valence-corrected chi connectivity index (χ1v) is 6.71. The van der Waals surface area contributed by atoms with Crippen molar-refractivity contribution < 1.29 is 4.74 Å². The smallest absolute Gasteiger partial charge is 0.121 e. The summed E-state index contributed by atoms with van der Waals surface area (Å²) in [5, 5.41) is 3.70. The predicted octanol–water partition coefficient (Wildman–Crippen LogP) is 1.83. The maximum atomic E-state index is 6.21. The number of nitrogens with one attached hydrogen (secondary N) is 1. The number of hydrogen-bond acceptors (Lipinski definition) is 3. The van der Waals surface area contributed by atoms with Crippen LogP contribution in [0.15, 0.2) is 0 Å². The molecule has 0 saturated carbocycles. The molecule has 2 rings (SSSR count). The Morgan fingerprint density at radius 1 is 1.19 bits per heavy atom. The average molecular weight is 226 g/mol. The third-order valence-corrected chi connectivity index (χ3v) is 4.73. The van der Waals surface area contributed by atoms with E-state index in [0.29, 0.717) is 5.41 Å². The summed E-state index contributed by atoms with van der Waals surface area (Å²) in [6.45, 7) is 8.93. The van der Waals surface area contributed by atoms with Crippen LogP contribution in [0.4, 0.5) is 0 Å². The van der Waals surface area contributed by atoms with Gasteiger partial charge in [0.05, 0.1) is 6.61 Å². The molecule has 2 heterocycles. The molecule has 0 amide bonds. The molecule has 2 saturated heterocycles. The number of ether oxygens (including phenoxy) is 1. The fourth-order valence-corrected chi connectivity index (χ4v) is 2.75. The lowest BCUT2D eigenvalue weighted by atomic mass is 9.80. The average Bonchev–Trinajstić information content (AvgIpc) is 2.35. The molecule has 1 spiro atoms. The van der Waals surface area contributed by atoms with Crippen molar-refractivity contribution in [3.8, 4) is 0 Å². The molecule has 0 aromatic carbocycles. The molecule has 16 heavy (non-hydrogen) atoms. The largest absolute Gasteiger partial charge is 0.360 e. The van der Waals surface area contributed by atoms with E-state index in [4.69, 9.17) is 4.74 Å². The Morgan fingerprint density at radius 3 is 2.25 bits per heavy atom. The number of rotatable bonds is 2. The Labute approximate surface area is 99.5 Å². The van der Waals surface area contributed by atoms with Gasteiger partial charge in [-0.1, -0.05) is 13.8 Å². The zero-order valence-corrected chi connectivity index (χ0v) is 11.0. The maximum absolute atomic E-state index is 6.21. The molecule has 94 valence electrons. The van der Waals surface area contributed by atoms with E-state index < -0.39 is 0 Å². The second-order valence-corrected chi connectivity index (χ2v) is 5.65. The van der Waals surface area contributed by atoms with Gasteiger partial charge in [0.15, 0.2) is 0 Å². The Kier molecular flexibility index (Phi) is 3.57. The SMILES string of the molecule is CCC1(CC)CNC2(CCN(C)CC2)OC1. The van der Waals surface area contributed by atoms with Crippen LogP contribution in [0, 0.1) is 5.41 Å². The monoisotopic (exact) mass is 226 g/mol. The zero-order valence-electron chi connectivity index (χ0n) is 11.0. The summed E-state index contributed by atoms with van der Waals surface area (Å²) in [5.41, 5.74) is 0.384. The summed E-state index contributed by atoms with van der Waals surface area (Å²) < 4.78 is 6.21. The lowest BCUT2D eigenvalue weighted by Gasteiger charge is -2.49. The Hall–Kier alpha value is -0.120. The molecule has 3 heteroatoms. The van der Waals surface area contributed by atoms with Gasteiger partial charge in [0, 0.05) is 37.9 Å². The van der Waals surface area contributed by atoms with Gasteiger partial charge >= 0.3 is 0 Å². The minimum absolute atomic E-state index is 0.000347. The summed E-state index contributed by atoms with van der Waals surface area (Å²) in [7, 11) is 2.19. The van der Waals surface area contributed by atoms with Crippen molar-refractivity contribution in [3.63, 3.8) is 0 Å². The van der Waals surface area contributed by atoms with Crippen LogP contribution in [0.5, 0.6) is 0 Å². The maximum Gasteiger partial charge on any atom is 0.121 e. The van der Waals surface area contributed by atoms with Crippen molar-refractivity contribution >= 4 is 0 Å². The number of piperidine rings is 1. The molecule has 0 aromatic rings. The molecule has 0 aromatic heterocycles. The van der Waals surface area contributed by atoms with E-state index in [1.807, 2.05) is 0 Å². The second-order valence-electron chi connectivity index (χ2n) is 5.65. The van der Waals surface area contributed by atoms with E-state index >= 15 is 0 Å². The topological polar surface area (TPSA) is 24.5 Å². The molecule has 2 fully saturated rings. The van der Waals surface area contributed by atoms with Crippen LogP contribution in [-0.2, 0) is 4.74 Å². The number of likely N-dealkylation sites (tertiary alicyclic amines) is 1. The summed E-state index contributed by atoms with van der Waals surface area (Å²) >= 11 is 0. The highest BCUT2D eigenvalue weighted by molar-refractivity contribution is 4.93. The van der Waals surface area contributed by atoms with E-state index in [1.54, 1.807) is 0 Å². The van der Waals surface area contributed by atoms with Gasteiger partial charge in [-0.15, -0.1) is 0 Å². The van der Waals surface area contributed by atoms with Crippen LogP contribution in [-0.4, -0.2) is 43.9 Å². The molecule has 2 aliphatic heterocycles. The highest BCUT2D eigenvalue weighted by Crippen LogP contribution is 2.35. The van der Waals surface area contributed by atoms with E-state index in [-0.39, 0.29) is 5.72 Å². The highest BCUT2D eigenvalue weighted by atomic mass is 16.5. The minimum Gasteiger partial charge on any atom is -0.360 e. The van der Waals surface area contributed by atoms with Gasteiger partial charge in [0.1, 0.15) is 5.72 Å². The van der Waals surface area contributed by atoms with E-state index in [1.165, 1.54) is 12.8 Å². The fraction of sp³-hybridized carbons (Fsp3) is 1.00. The van der Waals surface area contributed by atoms with Crippen molar-refractivity contribution in [3.05, 3.63) is 0 Å². The van der Waals surface area contributed by atoms with Crippen LogP contribution in [0.2, 0.25) is 0 Å². The standard InChI is InChI=1S/C13H26N2O/c1-4-12(5-2)10-14-13(16-11-12)6-8-15(3)9-7-13/h14H,4-11H2,1-3H3. The molecule has 0 aliphatic carbocycles. The molecule has 3 nitrogen and oxygen atoms in total. The van der Waals surface area contributed by atoms with Crippen LogP contribution >= 0.6 is 0 Å². The lowest BCUT2D eigenvalue weighted by molar-refractivity contribution is -0.168. The Balaban J connectivity index is 1.93. The highest BCUT2D eigenvalue weighted by Gasteiger charge is 2.42. The summed E-state index contributed by atoms with van der Waals surface area (Å²) in [4.78, 5) is 2.39.